The zero-order chi connectivity index (χ0) is 19.8. The minimum Gasteiger partial charge on any atom is -0.432 e. The second kappa shape index (κ2) is 6.93. The molecule has 1 aliphatic rings. The van der Waals surface area contributed by atoms with E-state index in [0.29, 0.717) is 11.5 Å². The fourth-order valence-electron chi connectivity index (χ4n) is 2.85. The first-order chi connectivity index (χ1) is 13.4. The van der Waals surface area contributed by atoms with Gasteiger partial charge in [0.1, 0.15) is 29.3 Å². The SMILES string of the molecule is CC(C)C1=NN=C(/C=C\C(=N)c2c(-c3ccc(F)cc3F)nc3occn23)[NH2+]1. The molecular weight excluding hydrogens is 366 g/mol. The number of rotatable bonds is 5. The van der Waals surface area contributed by atoms with E-state index in [1.165, 1.54) is 18.4 Å². The normalized spacial score (nSPS) is 14.3. The highest BCUT2D eigenvalue weighted by molar-refractivity contribution is 6.12. The number of quaternary nitrogens is 1. The molecule has 0 amide bonds. The number of amidine groups is 2. The molecule has 0 unspecified atom stereocenters. The number of benzene rings is 1. The summed E-state index contributed by atoms with van der Waals surface area (Å²) in [7, 11) is 0. The summed E-state index contributed by atoms with van der Waals surface area (Å²) in [6.45, 7) is 4.04. The summed E-state index contributed by atoms with van der Waals surface area (Å²) in [5.41, 5.74) is 0.683. The molecule has 142 valence electrons. The lowest BCUT2D eigenvalue weighted by Gasteiger charge is -2.04. The largest absolute Gasteiger partial charge is 0.432 e. The molecular formula is C19H17F2N6O+. The van der Waals surface area contributed by atoms with Crippen LogP contribution in [0.3, 0.4) is 0 Å². The van der Waals surface area contributed by atoms with Crippen LogP contribution in [-0.4, -0.2) is 26.8 Å². The number of halogens is 2. The van der Waals surface area contributed by atoms with Crippen molar-refractivity contribution in [1.82, 2.24) is 9.38 Å². The van der Waals surface area contributed by atoms with Crippen LogP contribution in [0.25, 0.3) is 17.1 Å². The van der Waals surface area contributed by atoms with E-state index in [1.54, 1.807) is 16.7 Å². The molecule has 3 N–H and O–H groups in total. The molecule has 0 saturated carbocycles. The van der Waals surface area contributed by atoms with Crippen molar-refractivity contribution in [3.63, 3.8) is 0 Å². The topological polar surface area (TPSA) is 95.6 Å². The molecule has 3 aromatic rings. The number of imidazole rings is 1. The Morgan fingerprint density at radius 1 is 1.29 bits per heavy atom. The van der Waals surface area contributed by atoms with Crippen molar-refractivity contribution in [3.05, 3.63) is 60.1 Å². The van der Waals surface area contributed by atoms with Crippen molar-refractivity contribution in [2.24, 2.45) is 16.1 Å². The summed E-state index contributed by atoms with van der Waals surface area (Å²) in [4.78, 5) is 4.27. The van der Waals surface area contributed by atoms with Gasteiger partial charge in [-0.25, -0.2) is 14.1 Å². The van der Waals surface area contributed by atoms with Crippen molar-refractivity contribution in [2.75, 3.05) is 0 Å². The fourth-order valence-corrected chi connectivity index (χ4v) is 2.85. The van der Waals surface area contributed by atoms with Gasteiger partial charge in [0.15, 0.2) is 0 Å². The molecule has 0 fully saturated rings. The summed E-state index contributed by atoms with van der Waals surface area (Å²) in [6.07, 6.45) is 6.20. The fraction of sp³-hybridized carbons (Fsp3) is 0.158. The number of nitrogens with zero attached hydrogens (tertiary/aromatic N) is 4. The number of aromatic nitrogens is 2. The maximum atomic E-state index is 14.3. The quantitative estimate of drug-likeness (QED) is 0.663. The van der Waals surface area contributed by atoms with Crippen LogP contribution in [0.2, 0.25) is 0 Å². The lowest BCUT2D eigenvalue weighted by Crippen LogP contribution is -2.90. The zero-order valence-electron chi connectivity index (χ0n) is 15.1. The Labute approximate surface area is 158 Å². The van der Waals surface area contributed by atoms with Crippen LogP contribution in [0, 0.1) is 23.0 Å². The highest BCUT2D eigenvalue weighted by Gasteiger charge is 2.22. The van der Waals surface area contributed by atoms with Gasteiger partial charge < -0.3 is 4.42 Å². The van der Waals surface area contributed by atoms with Crippen molar-refractivity contribution in [1.29, 1.82) is 5.41 Å². The summed E-state index contributed by atoms with van der Waals surface area (Å²) in [6, 6.07) is 3.23. The molecule has 0 bridgehead atoms. The second-order valence-electron chi connectivity index (χ2n) is 6.58. The maximum Gasteiger partial charge on any atom is 0.306 e. The molecule has 0 radical (unpaired) electrons. The van der Waals surface area contributed by atoms with Crippen LogP contribution < -0.4 is 5.32 Å². The third-order valence-electron chi connectivity index (χ3n) is 4.29. The summed E-state index contributed by atoms with van der Waals surface area (Å²) < 4.78 is 34.4. The van der Waals surface area contributed by atoms with E-state index in [2.05, 4.69) is 15.2 Å². The minimum absolute atomic E-state index is 0.0710. The maximum absolute atomic E-state index is 14.3. The Bertz CT molecular complexity index is 1170. The number of allylic oxidation sites excluding steroid dienone is 1. The van der Waals surface area contributed by atoms with E-state index in [1.807, 2.05) is 19.2 Å². The first-order valence-corrected chi connectivity index (χ1v) is 8.62. The van der Waals surface area contributed by atoms with Crippen LogP contribution in [0.4, 0.5) is 8.78 Å². The predicted molar refractivity (Wildman–Crippen MR) is 100 cm³/mol. The monoisotopic (exact) mass is 383 g/mol. The standard InChI is InChI=1S/C19H16F2N6O/c1-10(2)18-23-15(25-26-18)6-5-14(22)17-16(24-19-27(17)7-8-28-19)12-4-3-11(20)9-13(12)21/h3-10,22H,1-2H3,(H,23,25,26)/p+1/b6-5-,22-14?. The third-order valence-corrected chi connectivity index (χ3v) is 4.29. The van der Waals surface area contributed by atoms with Gasteiger partial charge in [-0.15, -0.1) is 0 Å². The van der Waals surface area contributed by atoms with Gasteiger partial charge in [-0.2, -0.15) is 4.98 Å². The Morgan fingerprint density at radius 3 is 2.82 bits per heavy atom. The summed E-state index contributed by atoms with van der Waals surface area (Å²) in [5, 5.41) is 18.5. The summed E-state index contributed by atoms with van der Waals surface area (Å²) >= 11 is 0. The molecule has 0 saturated heterocycles. The average molecular weight is 383 g/mol. The first kappa shape index (κ1) is 17.9. The van der Waals surface area contributed by atoms with Crippen LogP contribution in [0.5, 0.6) is 0 Å². The Kier molecular flexibility index (Phi) is 4.44. The Hall–Kier alpha value is -3.46. The molecule has 28 heavy (non-hydrogen) atoms. The van der Waals surface area contributed by atoms with Crippen LogP contribution in [0.1, 0.15) is 19.5 Å². The van der Waals surface area contributed by atoms with Gasteiger partial charge in [0.25, 0.3) is 0 Å². The minimum atomic E-state index is -0.762. The number of hydrogen-bond donors (Lipinski definition) is 2. The van der Waals surface area contributed by atoms with E-state index in [9.17, 15) is 8.78 Å². The highest BCUT2D eigenvalue weighted by Crippen LogP contribution is 2.28. The molecule has 7 nitrogen and oxygen atoms in total. The van der Waals surface area contributed by atoms with E-state index in [0.717, 1.165) is 18.0 Å². The van der Waals surface area contributed by atoms with Crippen LogP contribution in [0.15, 0.2) is 57.4 Å². The smallest absolute Gasteiger partial charge is 0.306 e. The van der Waals surface area contributed by atoms with Gasteiger partial charge in [0.2, 0.25) is 11.7 Å². The summed E-state index contributed by atoms with van der Waals surface area (Å²) in [5.74, 6) is 0.501. The van der Waals surface area contributed by atoms with E-state index in [4.69, 9.17) is 9.83 Å². The van der Waals surface area contributed by atoms with E-state index < -0.39 is 11.6 Å². The molecule has 3 heterocycles. The van der Waals surface area contributed by atoms with Gasteiger partial charge in [-0.3, -0.25) is 9.81 Å². The molecule has 4 rings (SSSR count). The van der Waals surface area contributed by atoms with Crippen molar-refractivity contribution < 1.29 is 18.5 Å². The van der Waals surface area contributed by atoms with Gasteiger partial charge in [-0.1, -0.05) is 24.1 Å². The number of nitrogens with one attached hydrogen (secondary N) is 1. The van der Waals surface area contributed by atoms with Crippen molar-refractivity contribution in [3.8, 4) is 11.3 Å². The first-order valence-electron chi connectivity index (χ1n) is 8.62. The molecule has 0 atom stereocenters. The third kappa shape index (κ3) is 3.16. The van der Waals surface area contributed by atoms with E-state index in [-0.39, 0.29) is 28.7 Å². The van der Waals surface area contributed by atoms with Gasteiger partial charge in [-0.05, 0) is 18.2 Å². The Morgan fingerprint density at radius 2 is 2.11 bits per heavy atom. The van der Waals surface area contributed by atoms with Gasteiger partial charge in [0, 0.05) is 29.8 Å². The predicted octanol–water partition coefficient (Wildman–Crippen LogP) is 2.74. The highest BCUT2D eigenvalue weighted by atomic mass is 19.1. The lowest BCUT2D eigenvalue weighted by molar-refractivity contribution is -0.406. The van der Waals surface area contributed by atoms with Crippen LogP contribution >= 0.6 is 0 Å². The second-order valence-corrected chi connectivity index (χ2v) is 6.58. The number of nitrogens with two attached hydrogens (primary N) is 1. The zero-order valence-corrected chi connectivity index (χ0v) is 15.1. The number of oxazole rings is 1. The van der Waals surface area contributed by atoms with Gasteiger partial charge in [0.05, 0.1) is 5.71 Å². The van der Waals surface area contributed by atoms with E-state index >= 15 is 0 Å². The molecule has 1 aliphatic heterocycles. The molecule has 2 aromatic heterocycles. The average Bonchev–Trinajstić information content (AvgIpc) is 3.35. The molecule has 9 heteroatoms. The lowest BCUT2D eigenvalue weighted by atomic mass is 10.1. The van der Waals surface area contributed by atoms with Crippen molar-refractivity contribution >= 4 is 23.2 Å². The molecule has 1 aromatic carbocycles. The van der Waals surface area contributed by atoms with Crippen molar-refractivity contribution in [2.45, 2.75) is 13.8 Å². The number of hydrogen-bond acceptors (Lipinski definition) is 5. The number of fused-ring (bicyclic) bond motifs is 1. The Balaban J connectivity index is 1.69. The molecule has 0 spiro atoms. The molecule has 0 aliphatic carbocycles. The van der Waals surface area contributed by atoms with Gasteiger partial charge >= 0.3 is 5.84 Å². The van der Waals surface area contributed by atoms with Crippen LogP contribution in [-0.2, 0) is 0 Å².